The molecule has 0 radical (unpaired) electrons. The van der Waals surface area contributed by atoms with Gasteiger partial charge in [0.1, 0.15) is 13.2 Å². The molecule has 0 saturated carbocycles. The first kappa shape index (κ1) is 74.8. The fraction of sp³-hybridized carbons (Fsp3) is 0.897. The Kier molecular flexibility index (Phi) is 58.1. The third-order valence-electron chi connectivity index (χ3n) is 15.2. The number of nitrogens with zero attached hydrogens (tertiary/aromatic N) is 1. The molecule has 0 fully saturated rings. The second-order valence-electron chi connectivity index (χ2n) is 24.1. The van der Waals surface area contributed by atoms with Crippen molar-refractivity contribution in [3.63, 3.8) is 0 Å². The Balaban J connectivity index is 4.04. The summed E-state index contributed by atoms with van der Waals surface area (Å²) in [7, 11) is 5.99. The van der Waals surface area contributed by atoms with E-state index in [0.717, 1.165) is 44.9 Å². The van der Waals surface area contributed by atoms with Crippen molar-refractivity contribution in [3.05, 3.63) is 24.3 Å². The molecule has 0 spiro atoms. The van der Waals surface area contributed by atoms with Crippen molar-refractivity contribution in [1.82, 2.24) is 0 Å². The number of ether oxygens (including phenoxy) is 4. The van der Waals surface area contributed by atoms with Gasteiger partial charge in [-0.3, -0.25) is 9.59 Å². The molecular formula is C68H130NO8+. The Labute approximate surface area is 478 Å². The highest BCUT2D eigenvalue weighted by Crippen LogP contribution is 2.18. The number of unbranched alkanes of at least 4 members (excludes halogenated alkanes) is 44. The number of hydrogen-bond acceptors (Lipinski definition) is 7. The molecule has 9 heteroatoms. The third-order valence-corrected chi connectivity index (χ3v) is 15.2. The summed E-state index contributed by atoms with van der Waals surface area (Å²) in [5, 5.41) is 9.73. The maximum Gasteiger partial charge on any atom is 0.361 e. The minimum absolute atomic E-state index is 0.174. The molecule has 0 aromatic rings. The molecule has 0 bridgehead atoms. The molecule has 0 aromatic carbocycles. The number of carboxylic acid groups (broad SMARTS) is 1. The third kappa shape index (κ3) is 61.2. The SMILES string of the molecule is CCCCCCC/C=C\C/C=C\CCCCCCCCCCCCCCCCCCCCCCCC(=O)OC(COC(=O)CCCCCCCCCCCCCCCCCCCCC)COC(OCC[N+](C)(C)C)C(=O)O. The molecule has 9 nitrogen and oxygen atoms in total. The summed E-state index contributed by atoms with van der Waals surface area (Å²) in [4.78, 5) is 37.5. The summed E-state index contributed by atoms with van der Waals surface area (Å²) in [5.74, 6) is -1.97. The van der Waals surface area contributed by atoms with Gasteiger partial charge < -0.3 is 28.5 Å². The number of esters is 2. The van der Waals surface area contributed by atoms with Gasteiger partial charge in [-0.25, -0.2) is 4.79 Å². The Morgan fingerprint density at radius 1 is 0.390 bits per heavy atom. The highest BCUT2D eigenvalue weighted by molar-refractivity contribution is 5.71. The lowest BCUT2D eigenvalue weighted by atomic mass is 10.0. The van der Waals surface area contributed by atoms with Crippen LogP contribution in [0, 0.1) is 0 Å². The van der Waals surface area contributed by atoms with Crippen LogP contribution in [0.4, 0.5) is 0 Å². The predicted molar refractivity (Wildman–Crippen MR) is 328 cm³/mol. The largest absolute Gasteiger partial charge is 0.477 e. The second kappa shape index (κ2) is 59.9. The lowest BCUT2D eigenvalue weighted by Crippen LogP contribution is -2.40. The van der Waals surface area contributed by atoms with Gasteiger partial charge >= 0.3 is 17.9 Å². The zero-order valence-corrected chi connectivity index (χ0v) is 51.9. The number of aliphatic carboxylic acids is 1. The molecule has 0 rings (SSSR count). The summed E-state index contributed by atoms with van der Waals surface area (Å²) in [6.45, 7) is 4.94. The average molecular weight is 1090 g/mol. The van der Waals surface area contributed by atoms with Gasteiger partial charge in [0.25, 0.3) is 6.29 Å². The van der Waals surface area contributed by atoms with Crippen molar-refractivity contribution < 1.29 is 42.9 Å². The molecule has 0 aliphatic heterocycles. The average Bonchev–Trinajstić information content (AvgIpc) is 3.40. The number of carboxylic acids is 1. The molecule has 454 valence electrons. The zero-order valence-electron chi connectivity index (χ0n) is 51.9. The van der Waals surface area contributed by atoms with Crippen molar-refractivity contribution in [2.75, 3.05) is 47.5 Å². The normalized spacial score (nSPS) is 12.8. The molecule has 2 unspecified atom stereocenters. The lowest BCUT2D eigenvalue weighted by molar-refractivity contribution is -0.870. The first-order chi connectivity index (χ1) is 37.6. The fourth-order valence-corrected chi connectivity index (χ4v) is 10.0. The molecule has 2 atom stereocenters. The van der Waals surface area contributed by atoms with E-state index in [-0.39, 0.29) is 38.2 Å². The van der Waals surface area contributed by atoms with Gasteiger partial charge in [0.2, 0.25) is 0 Å². The van der Waals surface area contributed by atoms with Crippen molar-refractivity contribution >= 4 is 17.9 Å². The topological polar surface area (TPSA) is 108 Å². The van der Waals surface area contributed by atoms with E-state index in [4.69, 9.17) is 18.9 Å². The summed E-state index contributed by atoms with van der Waals surface area (Å²) in [6.07, 6.45) is 70.0. The smallest absolute Gasteiger partial charge is 0.361 e. The van der Waals surface area contributed by atoms with Crippen LogP contribution in [-0.4, -0.2) is 87.4 Å². The fourth-order valence-electron chi connectivity index (χ4n) is 10.0. The molecule has 0 aliphatic rings. The molecule has 77 heavy (non-hydrogen) atoms. The standard InChI is InChI=1S/C68H129NO8/c1-6-8-10-12-14-16-18-20-22-24-26-27-28-29-30-31-32-33-34-35-36-37-38-39-41-43-45-47-49-51-53-55-57-59-66(71)77-64(63-76-68(67(72)73)74-61-60-69(3,4)5)62-75-65(70)58-56-54-52-50-48-46-44-42-40-25-23-21-19-17-15-13-11-9-7-2/h18,20,24,26,64,68H,6-17,19,21-23,25,27-63H2,1-5H3/p+1/b20-18-,26-24-. The van der Waals surface area contributed by atoms with Crippen molar-refractivity contribution in [2.45, 2.75) is 347 Å². The van der Waals surface area contributed by atoms with Crippen LogP contribution < -0.4 is 0 Å². The Morgan fingerprint density at radius 2 is 0.701 bits per heavy atom. The Hall–Kier alpha value is -2.23. The van der Waals surface area contributed by atoms with E-state index in [1.54, 1.807) is 0 Å². The van der Waals surface area contributed by atoms with Gasteiger partial charge in [-0.05, 0) is 44.9 Å². The molecule has 0 aliphatic carbocycles. The van der Waals surface area contributed by atoms with Gasteiger partial charge in [0.05, 0.1) is 34.4 Å². The monoisotopic (exact) mass is 1090 g/mol. The molecule has 0 amide bonds. The summed E-state index contributed by atoms with van der Waals surface area (Å²) < 4.78 is 23.0. The van der Waals surface area contributed by atoms with E-state index < -0.39 is 18.4 Å². The Bertz CT molecular complexity index is 1310. The van der Waals surface area contributed by atoms with E-state index in [1.807, 2.05) is 21.1 Å². The van der Waals surface area contributed by atoms with Gasteiger partial charge in [0.15, 0.2) is 6.10 Å². The van der Waals surface area contributed by atoms with Gasteiger partial charge in [0, 0.05) is 12.8 Å². The molecule has 0 aromatic heterocycles. The van der Waals surface area contributed by atoms with Crippen molar-refractivity contribution in [2.24, 2.45) is 0 Å². The lowest BCUT2D eigenvalue weighted by Gasteiger charge is -2.25. The van der Waals surface area contributed by atoms with Gasteiger partial charge in [-0.15, -0.1) is 0 Å². The second-order valence-corrected chi connectivity index (χ2v) is 24.1. The molecular weight excluding hydrogens is 959 g/mol. The summed E-state index contributed by atoms with van der Waals surface area (Å²) in [5.41, 5.74) is 0. The van der Waals surface area contributed by atoms with E-state index in [0.29, 0.717) is 17.4 Å². The van der Waals surface area contributed by atoms with Crippen LogP contribution in [-0.2, 0) is 33.3 Å². The highest BCUT2D eigenvalue weighted by Gasteiger charge is 2.25. The molecule has 1 N–H and O–H groups in total. The number of rotatable bonds is 63. The number of allylic oxidation sites excluding steroid dienone is 4. The zero-order chi connectivity index (χ0) is 56.2. The maximum atomic E-state index is 12.9. The van der Waals surface area contributed by atoms with E-state index >= 15 is 0 Å². The molecule has 0 saturated heterocycles. The minimum atomic E-state index is -1.51. The van der Waals surface area contributed by atoms with Crippen LogP contribution in [0.15, 0.2) is 24.3 Å². The number of likely N-dealkylation sites (N-methyl/N-ethyl adjacent to an activating group) is 1. The number of quaternary nitrogens is 1. The quantitative estimate of drug-likeness (QED) is 0.0211. The van der Waals surface area contributed by atoms with E-state index in [1.165, 1.54) is 263 Å². The first-order valence-electron chi connectivity index (χ1n) is 33.5. The first-order valence-corrected chi connectivity index (χ1v) is 33.5. The van der Waals surface area contributed by atoms with Crippen LogP contribution in [0.2, 0.25) is 0 Å². The number of carbonyl (C=O) groups excluding carboxylic acids is 2. The highest BCUT2D eigenvalue weighted by atomic mass is 16.7. The van der Waals surface area contributed by atoms with Crippen molar-refractivity contribution in [3.8, 4) is 0 Å². The Morgan fingerprint density at radius 3 is 1.03 bits per heavy atom. The number of hydrogen-bond donors (Lipinski definition) is 1. The minimum Gasteiger partial charge on any atom is -0.477 e. The van der Waals surface area contributed by atoms with Gasteiger partial charge in [-0.2, -0.15) is 0 Å². The van der Waals surface area contributed by atoms with Crippen LogP contribution in [0.1, 0.15) is 335 Å². The maximum absolute atomic E-state index is 12.9. The van der Waals surface area contributed by atoms with Crippen LogP contribution in [0.25, 0.3) is 0 Å². The van der Waals surface area contributed by atoms with Crippen LogP contribution in [0.5, 0.6) is 0 Å². The summed E-state index contributed by atoms with van der Waals surface area (Å²) >= 11 is 0. The summed E-state index contributed by atoms with van der Waals surface area (Å²) in [6, 6.07) is 0. The van der Waals surface area contributed by atoms with E-state index in [2.05, 4.69) is 38.2 Å². The predicted octanol–water partition coefficient (Wildman–Crippen LogP) is 20.2. The van der Waals surface area contributed by atoms with E-state index in [9.17, 15) is 19.5 Å². The van der Waals surface area contributed by atoms with Crippen LogP contribution in [0.3, 0.4) is 0 Å². The number of carbonyl (C=O) groups is 3. The van der Waals surface area contributed by atoms with Gasteiger partial charge in [-0.1, -0.05) is 301 Å². The van der Waals surface area contributed by atoms with Crippen molar-refractivity contribution in [1.29, 1.82) is 0 Å². The molecule has 0 heterocycles. The van der Waals surface area contributed by atoms with Crippen LogP contribution >= 0.6 is 0 Å².